The Hall–Kier alpha value is -0.770. The molecule has 1 heterocycles. The van der Waals surface area contributed by atoms with Crippen LogP contribution in [0.2, 0.25) is 10.0 Å². The summed E-state index contributed by atoms with van der Waals surface area (Å²) in [6.45, 7) is 6.71. The van der Waals surface area contributed by atoms with Crippen LogP contribution in [-0.2, 0) is 9.53 Å². The molecule has 1 saturated heterocycles. The fourth-order valence-electron chi connectivity index (χ4n) is 2.49. The molecule has 1 aliphatic heterocycles. The summed E-state index contributed by atoms with van der Waals surface area (Å²) in [7, 11) is 0. The first kappa shape index (κ1) is 16.6. The van der Waals surface area contributed by atoms with Crippen molar-refractivity contribution in [3.8, 4) is 0 Å². The summed E-state index contributed by atoms with van der Waals surface area (Å²) in [6, 6.07) is 5.64. The lowest BCUT2D eigenvalue weighted by molar-refractivity contribution is -0.142. The molecule has 0 saturated carbocycles. The van der Waals surface area contributed by atoms with Crippen molar-refractivity contribution in [2.75, 3.05) is 13.2 Å². The average molecular weight is 330 g/mol. The molecule has 3 nitrogen and oxygen atoms in total. The summed E-state index contributed by atoms with van der Waals surface area (Å²) < 4.78 is 5.59. The number of halogens is 2. The maximum atomic E-state index is 12.4. The monoisotopic (exact) mass is 329 g/mol. The topological polar surface area (TPSA) is 29.5 Å². The number of benzene rings is 1. The van der Waals surface area contributed by atoms with Crippen LogP contribution in [0.3, 0.4) is 0 Å². The molecule has 1 amide bonds. The van der Waals surface area contributed by atoms with E-state index in [1.54, 1.807) is 6.07 Å². The highest BCUT2D eigenvalue weighted by atomic mass is 35.5. The summed E-state index contributed by atoms with van der Waals surface area (Å²) in [5.74, 6) is 0.0264. The molecule has 0 aromatic heterocycles. The Bertz CT molecular complexity index is 525. The molecule has 0 N–H and O–H groups in total. The lowest BCUT2D eigenvalue weighted by Gasteiger charge is -2.27. The predicted octanol–water partition coefficient (Wildman–Crippen LogP) is 4.47. The van der Waals surface area contributed by atoms with Crippen LogP contribution in [0.15, 0.2) is 18.2 Å². The quantitative estimate of drug-likeness (QED) is 0.818. The van der Waals surface area contributed by atoms with Gasteiger partial charge in [-0.15, -0.1) is 0 Å². The van der Waals surface area contributed by atoms with Crippen LogP contribution in [0, 0.1) is 0 Å². The van der Waals surface area contributed by atoms with Gasteiger partial charge in [0.15, 0.2) is 0 Å². The zero-order valence-electron chi connectivity index (χ0n) is 12.7. The SMILES string of the molecule is CC(C)(C)OCC(=O)N1CCCC1c1ccc(Cl)c(Cl)c1. The Morgan fingerprint density at radius 1 is 1.33 bits per heavy atom. The van der Waals surface area contributed by atoms with Crippen LogP contribution in [0.4, 0.5) is 0 Å². The van der Waals surface area contributed by atoms with Gasteiger partial charge in [0.2, 0.25) is 5.91 Å². The van der Waals surface area contributed by atoms with Gasteiger partial charge in [0.25, 0.3) is 0 Å². The summed E-state index contributed by atoms with van der Waals surface area (Å²) in [4.78, 5) is 14.2. The van der Waals surface area contributed by atoms with E-state index in [0.29, 0.717) is 10.0 Å². The first-order valence-electron chi connectivity index (χ1n) is 7.16. The van der Waals surface area contributed by atoms with Gasteiger partial charge in [-0.05, 0) is 51.3 Å². The van der Waals surface area contributed by atoms with Gasteiger partial charge >= 0.3 is 0 Å². The molecule has 0 spiro atoms. The third kappa shape index (κ3) is 4.35. The number of nitrogens with zero attached hydrogens (tertiary/aromatic N) is 1. The number of hydrogen-bond acceptors (Lipinski definition) is 2. The fraction of sp³-hybridized carbons (Fsp3) is 0.562. The van der Waals surface area contributed by atoms with Crippen LogP contribution in [0.5, 0.6) is 0 Å². The third-order valence-corrected chi connectivity index (χ3v) is 4.27. The standard InChI is InChI=1S/C16H21Cl2NO2/c1-16(2,3)21-10-15(20)19-8-4-5-14(19)11-6-7-12(17)13(18)9-11/h6-7,9,14H,4-5,8,10H2,1-3H3. The zero-order chi connectivity index (χ0) is 15.6. The van der Waals surface area contributed by atoms with Crippen molar-refractivity contribution in [3.63, 3.8) is 0 Å². The summed E-state index contributed by atoms with van der Waals surface area (Å²) in [6.07, 6.45) is 1.94. The van der Waals surface area contributed by atoms with E-state index in [1.165, 1.54) is 0 Å². The number of ether oxygens (including phenoxy) is 1. The van der Waals surface area contributed by atoms with Crippen LogP contribution in [0.1, 0.15) is 45.2 Å². The van der Waals surface area contributed by atoms with Crippen molar-refractivity contribution in [1.29, 1.82) is 0 Å². The van der Waals surface area contributed by atoms with Gasteiger partial charge in [-0.3, -0.25) is 4.79 Å². The van der Waals surface area contributed by atoms with Gasteiger partial charge in [0.1, 0.15) is 6.61 Å². The Morgan fingerprint density at radius 2 is 2.05 bits per heavy atom. The smallest absolute Gasteiger partial charge is 0.249 e. The lowest BCUT2D eigenvalue weighted by Crippen LogP contribution is -2.36. The minimum atomic E-state index is -0.311. The summed E-state index contributed by atoms with van der Waals surface area (Å²) in [5.41, 5.74) is 0.722. The second-order valence-electron chi connectivity index (χ2n) is 6.32. The van der Waals surface area contributed by atoms with Crippen molar-refractivity contribution in [2.24, 2.45) is 0 Å². The Labute approximate surface area is 136 Å². The molecule has 1 unspecified atom stereocenters. The molecule has 2 rings (SSSR count). The molecule has 1 atom stereocenters. The van der Waals surface area contributed by atoms with E-state index < -0.39 is 0 Å². The molecule has 116 valence electrons. The van der Waals surface area contributed by atoms with E-state index in [-0.39, 0.29) is 24.2 Å². The number of likely N-dealkylation sites (tertiary alicyclic amines) is 1. The molecule has 5 heteroatoms. The second kappa shape index (κ2) is 6.55. The lowest BCUT2D eigenvalue weighted by atomic mass is 10.0. The highest BCUT2D eigenvalue weighted by molar-refractivity contribution is 6.42. The molecule has 0 radical (unpaired) electrons. The van der Waals surface area contributed by atoms with Crippen LogP contribution < -0.4 is 0 Å². The first-order valence-corrected chi connectivity index (χ1v) is 7.92. The van der Waals surface area contributed by atoms with Crippen molar-refractivity contribution in [2.45, 2.75) is 45.3 Å². The highest BCUT2D eigenvalue weighted by Gasteiger charge is 2.30. The van der Waals surface area contributed by atoms with Gasteiger partial charge < -0.3 is 9.64 Å². The third-order valence-electron chi connectivity index (χ3n) is 3.53. The molecular weight excluding hydrogens is 309 g/mol. The minimum absolute atomic E-state index is 0.0264. The number of rotatable bonds is 3. The predicted molar refractivity (Wildman–Crippen MR) is 85.9 cm³/mol. The van der Waals surface area contributed by atoms with E-state index in [1.807, 2.05) is 37.8 Å². The van der Waals surface area contributed by atoms with Gasteiger partial charge in [0.05, 0.1) is 21.7 Å². The minimum Gasteiger partial charge on any atom is -0.366 e. The number of amides is 1. The largest absolute Gasteiger partial charge is 0.366 e. The van der Waals surface area contributed by atoms with E-state index in [9.17, 15) is 4.79 Å². The van der Waals surface area contributed by atoms with E-state index in [4.69, 9.17) is 27.9 Å². The van der Waals surface area contributed by atoms with Gasteiger partial charge in [-0.2, -0.15) is 0 Å². The van der Waals surface area contributed by atoms with Crippen molar-refractivity contribution >= 4 is 29.1 Å². The molecule has 21 heavy (non-hydrogen) atoms. The van der Waals surface area contributed by atoms with Crippen molar-refractivity contribution in [3.05, 3.63) is 33.8 Å². The number of carbonyl (C=O) groups is 1. The zero-order valence-corrected chi connectivity index (χ0v) is 14.2. The molecule has 1 fully saturated rings. The first-order chi connectivity index (χ1) is 9.78. The Kier molecular flexibility index (Phi) is 5.18. The molecule has 1 aliphatic rings. The van der Waals surface area contributed by atoms with Crippen LogP contribution in [0.25, 0.3) is 0 Å². The second-order valence-corrected chi connectivity index (χ2v) is 7.13. The highest BCUT2D eigenvalue weighted by Crippen LogP contribution is 2.35. The fourth-order valence-corrected chi connectivity index (χ4v) is 2.80. The number of hydrogen-bond donors (Lipinski definition) is 0. The van der Waals surface area contributed by atoms with E-state index in [2.05, 4.69) is 0 Å². The average Bonchev–Trinajstić information content (AvgIpc) is 2.87. The van der Waals surface area contributed by atoms with E-state index >= 15 is 0 Å². The van der Waals surface area contributed by atoms with Gasteiger partial charge in [-0.25, -0.2) is 0 Å². The molecular formula is C16H21Cl2NO2. The van der Waals surface area contributed by atoms with Crippen LogP contribution in [-0.4, -0.2) is 29.6 Å². The van der Waals surface area contributed by atoms with Crippen LogP contribution >= 0.6 is 23.2 Å². The Balaban J connectivity index is 2.09. The van der Waals surface area contributed by atoms with E-state index in [0.717, 1.165) is 24.9 Å². The normalized spacial score (nSPS) is 19.1. The van der Waals surface area contributed by atoms with Gasteiger partial charge in [-0.1, -0.05) is 29.3 Å². The van der Waals surface area contributed by atoms with Gasteiger partial charge in [0, 0.05) is 6.54 Å². The molecule has 1 aromatic carbocycles. The van der Waals surface area contributed by atoms with Crippen molar-refractivity contribution in [1.82, 2.24) is 4.90 Å². The summed E-state index contributed by atoms with van der Waals surface area (Å²) >= 11 is 12.0. The molecule has 0 aliphatic carbocycles. The van der Waals surface area contributed by atoms with Crippen molar-refractivity contribution < 1.29 is 9.53 Å². The number of carbonyl (C=O) groups excluding carboxylic acids is 1. The molecule has 1 aromatic rings. The Morgan fingerprint density at radius 3 is 2.67 bits per heavy atom. The molecule has 0 bridgehead atoms. The summed E-state index contributed by atoms with van der Waals surface area (Å²) in [5, 5.41) is 1.06. The maximum absolute atomic E-state index is 12.4. The maximum Gasteiger partial charge on any atom is 0.249 e.